The van der Waals surface area contributed by atoms with Gasteiger partial charge in [0.05, 0.1) is 10.5 Å². The van der Waals surface area contributed by atoms with Gasteiger partial charge < -0.3 is 4.18 Å². The molecule has 0 amide bonds. The number of oxime groups is 1. The van der Waals surface area contributed by atoms with Crippen LogP contribution in [0, 0.1) is 0 Å². The molecule has 0 fully saturated rings. The molecule has 0 aliphatic carbocycles. The molecule has 0 saturated carbocycles. The highest BCUT2D eigenvalue weighted by Crippen LogP contribution is 2.65. The highest BCUT2D eigenvalue weighted by atomic mass is 32.3. The van der Waals surface area contributed by atoms with E-state index in [2.05, 4.69) is 5.16 Å². The Morgan fingerprint density at radius 3 is 2.60 bits per heavy atom. The Morgan fingerprint density at radius 1 is 1.00 bits per heavy atom. The van der Waals surface area contributed by atoms with Crippen LogP contribution in [-0.2, 0) is 8.47 Å². The Bertz CT molecular complexity index is 729. The maximum Gasteiger partial charge on any atom is 0.363 e. The Morgan fingerprint density at radius 2 is 1.75 bits per heavy atom. The Labute approximate surface area is 117 Å². The molecule has 2 aromatic rings. The van der Waals surface area contributed by atoms with Gasteiger partial charge in [0.15, 0.2) is 0 Å². The first-order valence-electron chi connectivity index (χ1n) is 6.23. The Kier molecular flexibility index (Phi) is 2.37. The van der Waals surface area contributed by atoms with Crippen molar-refractivity contribution >= 4 is 22.3 Å². The molecule has 20 heavy (non-hydrogen) atoms. The molecule has 1 spiro atoms. The van der Waals surface area contributed by atoms with Crippen molar-refractivity contribution in [2.75, 3.05) is 5.75 Å². The van der Waals surface area contributed by atoms with Crippen molar-refractivity contribution in [2.24, 2.45) is 5.16 Å². The standard InChI is InChI=1S/C15H11NO3S/c17-15-12-8-4-5-9-14(12)20(18-15)10-13(16-19-20)11-6-2-1-3-7-11/h1-9H,10H2. The van der Waals surface area contributed by atoms with Crippen LogP contribution >= 0.6 is 10.6 Å². The van der Waals surface area contributed by atoms with Gasteiger partial charge in [-0.05, 0) is 12.1 Å². The molecule has 4 rings (SSSR count). The van der Waals surface area contributed by atoms with E-state index in [1.165, 1.54) is 0 Å². The highest BCUT2D eigenvalue weighted by Gasteiger charge is 2.44. The normalized spacial score (nSPS) is 26.4. The summed E-state index contributed by atoms with van der Waals surface area (Å²) in [6, 6.07) is 17.2. The Hall–Kier alpha value is -2.27. The number of carbonyl (C=O) groups is 1. The van der Waals surface area contributed by atoms with E-state index in [0.717, 1.165) is 16.2 Å². The van der Waals surface area contributed by atoms with Gasteiger partial charge in [0.2, 0.25) is 0 Å². The van der Waals surface area contributed by atoms with Crippen molar-refractivity contribution in [1.29, 1.82) is 0 Å². The number of hydrogen-bond donors (Lipinski definition) is 0. The van der Waals surface area contributed by atoms with Crippen molar-refractivity contribution in [3.05, 3.63) is 65.7 Å². The van der Waals surface area contributed by atoms with Gasteiger partial charge in [-0.2, -0.15) is 0 Å². The average molecular weight is 285 g/mol. The minimum Gasteiger partial charge on any atom is -0.333 e. The van der Waals surface area contributed by atoms with Crippen molar-refractivity contribution < 1.29 is 13.3 Å². The molecule has 4 nitrogen and oxygen atoms in total. The maximum atomic E-state index is 11.9. The van der Waals surface area contributed by atoms with Gasteiger partial charge in [-0.15, -0.1) is 0 Å². The van der Waals surface area contributed by atoms with Crippen LogP contribution in [-0.4, -0.2) is 17.4 Å². The van der Waals surface area contributed by atoms with Crippen LogP contribution in [0.2, 0.25) is 0 Å². The van der Waals surface area contributed by atoms with E-state index >= 15 is 0 Å². The first-order chi connectivity index (χ1) is 9.78. The van der Waals surface area contributed by atoms with Crippen LogP contribution in [0.5, 0.6) is 0 Å². The van der Waals surface area contributed by atoms with Crippen LogP contribution < -0.4 is 0 Å². The van der Waals surface area contributed by atoms with Gasteiger partial charge in [0, 0.05) is 5.56 Å². The second-order valence-corrected chi connectivity index (χ2v) is 6.88. The zero-order chi connectivity index (χ0) is 13.6. The van der Waals surface area contributed by atoms with Gasteiger partial charge in [0.1, 0.15) is 11.5 Å². The predicted octanol–water partition coefficient (Wildman–Crippen LogP) is 3.29. The van der Waals surface area contributed by atoms with Crippen molar-refractivity contribution in [3.63, 3.8) is 0 Å². The minimum absolute atomic E-state index is 0.319. The summed E-state index contributed by atoms with van der Waals surface area (Å²) < 4.78 is 11.1. The molecule has 0 aromatic heterocycles. The fourth-order valence-electron chi connectivity index (χ4n) is 2.39. The molecule has 0 radical (unpaired) electrons. The second-order valence-electron chi connectivity index (χ2n) is 4.60. The largest absolute Gasteiger partial charge is 0.363 e. The molecule has 2 aliphatic rings. The molecule has 0 bridgehead atoms. The van der Waals surface area contributed by atoms with Gasteiger partial charge in [-0.1, -0.05) is 58.2 Å². The van der Waals surface area contributed by atoms with Crippen LogP contribution in [0.25, 0.3) is 0 Å². The van der Waals surface area contributed by atoms with Crippen molar-refractivity contribution in [3.8, 4) is 0 Å². The fraction of sp³-hybridized carbons (Fsp3) is 0.0667. The van der Waals surface area contributed by atoms with Crippen molar-refractivity contribution in [1.82, 2.24) is 0 Å². The number of rotatable bonds is 1. The third-order valence-corrected chi connectivity index (χ3v) is 5.77. The number of carbonyl (C=O) groups excluding carboxylic acids is 1. The number of benzene rings is 2. The Balaban J connectivity index is 1.72. The summed E-state index contributed by atoms with van der Waals surface area (Å²) in [4.78, 5) is 12.8. The molecule has 2 heterocycles. The number of nitrogens with zero attached hydrogens (tertiary/aromatic N) is 1. The lowest BCUT2D eigenvalue weighted by Crippen LogP contribution is -2.09. The molecule has 2 aliphatic heterocycles. The summed E-state index contributed by atoms with van der Waals surface area (Å²) in [5.74, 6) is 0.194. The van der Waals surface area contributed by atoms with Crippen LogP contribution in [0.4, 0.5) is 0 Å². The van der Waals surface area contributed by atoms with E-state index in [4.69, 9.17) is 8.47 Å². The van der Waals surface area contributed by atoms with Crippen LogP contribution in [0.1, 0.15) is 15.9 Å². The lowest BCUT2D eigenvalue weighted by molar-refractivity contribution is 0.0755. The second kappa shape index (κ2) is 4.11. The van der Waals surface area contributed by atoms with Crippen LogP contribution in [0.3, 0.4) is 0 Å². The average Bonchev–Trinajstić information content (AvgIpc) is 3.04. The van der Waals surface area contributed by atoms with E-state index < -0.39 is 10.6 Å². The maximum absolute atomic E-state index is 11.9. The van der Waals surface area contributed by atoms with E-state index in [9.17, 15) is 4.79 Å². The molecule has 100 valence electrons. The predicted molar refractivity (Wildman–Crippen MR) is 76.6 cm³/mol. The first kappa shape index (κ1) is 11.5. The molecule has 5 heteroatoms. The van der Waals surface area contributed by atoms with Gasteiger partial charge in [-0.25, -0.2) is 4.79 Å². The molecular weight excluding hydrogens is 274 g/mol. The zero-order valence-electron chi connectivity index (χ0n) is 10.5. The summed E-state index contributed by atoms with van der Waals surface area (Å²) in [7, 11) is -2.08. The summed E-state index contributed by atoms with van der Waals surface area (Å²) in [5, 5.41) is 4.15. The molecule has 1 atom stereocenters. The topological polar surface area (TPSA) is 47.9 Å². The van der Waals surface area contributed by atoms with Gasteiger partial charge in [0.25, 0.3) is 0 Å². The van der Waals surface area contributed by atoms with E-state index in [1.54, 1.807) is 6.07 Å². The molecule has 0 N–H and O–H groups in total. The third kappa shape index (κ3) is 1.56. The summed E-state index contributed by atoms with van der Waals surface area (Å²) in [6.07, 6.45) is 0. The fourth-order valence-corrected chi connectivity index (χ4v) is 4.75. The number of hydrogen-bond acceptors (Lipinski definition) is 4. The minimum atomic E-state index is -2.08. The first-order valence-corrected chi connectivity index (χ1v) is 7.88. The van der Waals surface area contributed by atoms with Gasteiger partial charge in [-0.3, -0.25) is 4.28 Å². The summed E-state index contributed by atoms with van der Waals surface area (Å²) in [5.41, 5.74) is 2.41. The van der Waals surface area contributed by atoms with E-state index in [1.807, 2.05) is 48.5 Å². The zero-order valence-corrected chi connectivity index (χ0v) is 11.3. The number of fused-ring (bicyclic) bond motifs is 2. The third-order valence-electron chi connectivity index (χ3n) is 3.35. The van der Waals surface area contributed by atoms with Crippen LogP contribution in [0.15, 0.2) is 64.6 Å². The summed E-state index contributed by atoms with van der Waals surface area (Å²) in [6.45, 7) is 0. The SMILES string of the molecule is O=C1OS2(CC(c3ccccc3)=NO2)c2ccccc21. The summed E-state index contributed by atoms with van der Waals surface area (Å²) >= 11 is 0. The lowest BCUT2D eigenvalue weighted by Gasteiger charge is -2.30. The lowest BCUT2D eigenvalue weighted by atomic mass is 10.1. The van der Waals surface area contributed by atoms with Crippen molar-refractivity contribution in [2.45, 2.75) is 4.90 Å². The molecule has 2 aromatic carbocycles. The monoisotopic (exact) mass is 285 g/mol. The molecular formula is C15H11NO3S. The van der Waals surface area contributed by atoms with E-state index in [-0.39, 0.29) is 5.97 Å². The molecule has 0 saturated heterocycles. The smallest absolute Gasteiger partial charge is 0.333 e. The van der Waals surface area contributed by atoms with E-state index in [0.29, 0.717) is 11.3 Å². The molecule has 1 unspecified atom stereocenters. The quantitative estimate of drug-likeness (QED) is 0.807. The highest BCUT2D eigenvalue weighted by molar-refractivity contribution is 8.27. The van der Waals surface area contributed by atoms with Gasteiger partial charge >= 0.3 is 5.97 Å².